The number of rotatable bonds is 5. The normalized spacial score (nSPS) is 12.4. The molecule has 0 heterocycles. The van der Waals surface area contributed by atoms with Crippen LogP contribution in [0.3, 0.4) is 0 Å². The van der Waals surface area contributed by atoms with Gasteiger partial charge in [0.2, 0.25) is 0 Å². The molecule has 3 rings (SSSR count). The summed E-state index contributed by atoms with van der Waals surface area (Å²) in [7, 11) is 1.43. The van der Waals surface area contributed by atoms with E-state index in [4.69, 9.17) is 9.84 Å². The monoisotopic (exact) mass is 326 g/mol. The number of benzene rings is 2. The van der Waals surface area contributed by atoms with E-state index in [1.54, 1.807) is 0 Å². The van der Waals surface area contributed by atoms with Crippen LogP contribution in [0.25, 0.3) is 11.1 Å². The quantitative estimate of drug-likeness (QED) is 0.825. The van der Waals surface area contributed by atoms with E-state index in [0.717, 1.165) is 27.3 Å². The summed E-state index contributed by atoms with van der Waals surface area (Å²) in [5, 5.41) is 9.67. The molecule has 0 unspecified atom stereocenters. The molecule has 2 aromatic carbocycles. The number of hydrogen-bond donors (Lipinski definition) is 2. The Morgan fingerprint density at radius 2 is 1.62 bits per heavy atom. The van der Waals surface area contributed by atoms with Crippen LogP contribution in [0.15, 0.2) is 48.5 Å². The molecule has 1 amide bonds. The van der Waals surface area contributed by atoms with Gasteiger partial charge < -0.3 is 9.84 Å². The van der Waals surface area contributed by atoms with E-state index in [1.165, 1.54) is 7.05 Å². The van der Waals surface area contributed by atoms with Crippen molar-refractivity contribution >= 4 is 12.1 Å². The third-order valence-corrected chi connectivity index (χ3v) is 4.08. The fraction of sp³-hybridized carbons (Fsp3) is 0.222. The molecule has 0 saturated heterocycles. The van der Waals surface area contributed by atoms with E-state index in [9.17, 15) is 9.59 Å². The van der Waals surface area contributed by atoms with Gasteiger partial charge in [0, 0.05) is 13.0 Å². The van der Waals surface area contributed by atoms with Crippen LogP contribution in [0, 0.1) is 0 Å². The highest BCUT2D eigenvalue weighted by Crippen LogP contribution is 2.44. The molecule has 0 spiro atoms. The van der Waals surface area contributed by atoms with Crippen molar-refractivity contribution in [2.45, 2.75) is 5.92 Å². The maximum Gasteiger partial charge on any atom is 0.424 e. The van der Waals surface area contributed by atoms with Crippen LogP contribution in [0.5, 0.6) is 0 Å². The van der Waals surface area contributed by atoms with Gasteiger partial charge in [0.1, 0.15) is 13.2 Å². The summed E-state index contributed by atoms with van der Waals surface area (Å²) in [6, 6.07) is 16.1. The number of nitrogens with one attached hydrogen (secondary N) is 1. The molecular formula is C18H18N2O4. The van der Waals surface area contributed by atoms with Crippen LogP contribution in [-0.2, 0) is 9.53 Å². The fourth-order valence-corrected chi connectivity index (χ4v) is 2.94. The van der Waals surface area contributed by atoms with Gasteiger partial charge in [-0.3, -0.25) is 4.79 Å². The van der Waals surface area contributed by atoms with Crippen molar-refractivity contribution in [2.24, 2.45) is 0 Å². The Balaban J connectivity index is 1.72. The minimum atomic E-state index is -1.05. The molecule has 24 heavy (non-hydrogen) atoms. The van der Waals surface area contributed by atoms with Crippen LogP contribution in [-0.4, -0.2) is 42.4 Å². The van der Waals surface area contributed by atoms with Crippen molar-refractivity contribution in [1.29, 1.82) is 0 Å². The van der Waals surface area contributed by atoms with E-state index in [0.29, 0.717) is 0 Å². The first kappa shape index (κ1) is 16.0. The Hall–Kier alpha value is -2.86. The number of nitrogens with zero attached hydrogens (tertiary/aromatic N) is 1. The number of hydrogen-bond acceptors (Lipinski definition) is 4. The standard InChI is InChI=1S/C18H18N2O4/c1-20(19-10-17(21)22)18(23)24-11-16-14-8-4-2-6-12(14)13-7-3-5-9-15(13)16/h2-9,16,19H,10-11H2,1H3,(H,21,22). The maximum atomic E-state index is 12.0. The van der Waals surface area contributed by atoms with E-state index in [1.807, 2.05) is 36.4 Å². The zero-order valence-electron chi connectivity index (χ0n) is 13.2. The number of amides is 1. The molecule has 0 aliphatic heterocycles. The Bertz CT molecular complexity index is 730. The van der Waals surface area contributed by atoms with Gasteiger partial charge >= 0.3 is 12.1 Å². The van der Waals surface area contributed by atoms with Gasteiger partial charge in [0.25, 0.3) is 0 Å². The zero-order chi connectivity index (χ0) is 17.1. The molecule has 0 fully saturated rings. The van der Waals surface area contributed by atoms with Gasteiger partial charge in [-0.05, 0) is 22.3 Å². The van der Waals surface area contributed by atoms with Crippen LogP contribution in [0.4, 0.5) is 4.79 Å². The molecule has 0 atom stereocenters. The lowest BCUT2D eigenvalue weighted by atomic mass is 9.98. The SMILES string of the molecule is CN(NCC(=O)O)C(=O)OCC1c2ccccc2-c2ccccc21. The summed E-state index contributed by atoms with van der Waals surface area (Å²) >= 11 is 0. The highest BCUT2D eigenvalue weighted by molar-refractivity contribution is 5.79. The predicted molar refractivity (Wildman–Crippen MR) is 88.5 cm³/mol. The summed E-state index contributed by atoms with van der Waals surface area (Å²) in [5.74, 6) is -1.07. The molecule has 2 aromatic rings. The molecule has 0 saturated carbocycles. The largest absolute Gasteiger partial charge is 0.480 e. The average Bonchev–Trinajstić information content (AvgIpc) is 2.91. The molecule has 124 valence electrons. The minimum Gasteiger partial charge on any atom is -0.480 e. The van der Waals surface area contributed by atoms with E-state index in [-0.39, 0.29) is 19.1 Å². The van der Waals surface area contributed by atoms with Crippen LogP contribution < -0.4 is 5.43 Å². The van der Waals surface area contributed by atoms with Gasteiger partial charge in [0.15, 0.2) is 0 Å². The van der Waals surface area contributed by atoms with E-state index < -0.39 is 12.1 Å². The third-order valence-electron chi connectivity index (χ3n) is 4.08. The number of hydrazine groups is 1. The predicted octanol–water partition coefficient (Wildman–Crippen LogP) is 2.46. The number of fused-ring (bicyclic) bond motifs is 3. The second kappa shape index (κ2) is 6.72. The number of carboxylic acid groups (broad SMARTS) is 1. The summed E-state index contributed by atoms with van der Waals surface area (Å²) in [5.41, 5.74) is 7.04. The third kappa shape index (κ3) is 3.09. The molecule has 1 aliphatic carbocycles. The van der Waals surface area contributed by atoms with Crippen molar-refractivity contribution < 1.29 is 19.4 Å². The second-order valence-corrected chi connectivity index (χ2v) is 5.59. The number of carboxylic acids is 1. The maximum absolute atomic E-state index is 12.0. The summed E-state index contributed by atoms with van der Waals surface area (Å²) in [6.45, 7) is -0.146. The Morgan fingerprint density at radius 1 is 1.08 bits per heavy atom. The fourth-order valence-electron chi connectivity index (χ4n) is 2.94. The smallest absolute Gasteiger partial charge is 0.424 e. The molecule has 0 bridgehead atoms. The number of ether oxygens (including phenoxy) is 1. The summed E-state index contributed by atoms with van der Waals surface area (Å²) < 4.78 is 5.37. The lowest BCUT2D eigenvalue weighted by Crippen LogP contribution is -2.42. The molecule has 1 aliphatic rings. The Morgan fingerprint density at radius 3 is 2.17 bits per heavy atom. The highest BCUT2D eigenvalue weighted by atomic mass is 16.6. The van der Waals surface area contributed by atoms with Crippen molar-refractivity contribution in [3.8, 4) is 11.1 Å². The number of aliphatic carboxylic acids is 1. The lowest BCUT2D eigenvalue weighted by molar-refractivity contribution is -0.136. The Kier molecular flexibility index (Phi) is 4.48. The van der Waals surface area contributed by atoms with Gasteiger partial charge in [-0.1, -0.05) is 48.5 Å². The second-order valence-electron chi connectivity index (χ2n) is 5.59. The van der Waals surface area contributed by atoms with Crippen molar-refractivity contribution in [2.75, 3.05) is 20.2 Å². The van der Waals surface area contributed by atoms with Gasteiger partial charge in [-0.25, -0.2) is 15.2 Å². The average molecular weight is 326 g/mol. The molecule has 6 heteroatoms. The van der Waals surface area contributed by atoms with E-state index >= 15 is 0 Å². The molecule has 6 nitrogen and oxygen atoms in total. The first-order valence-electron chi connectivity index (χ1n) is 7.62. The molecular weight excluding hydrogens is 308 g/mol. The van der Waals surface area contributed by atoms with Crippen LogP contribution in [0.1, 0.15) is 17.0 Å². The van der Waals surface area contributed by atoms with Crippen LogP contribution in [0.2, 0.25) is 0 Å². The number of carbonyl (C=O) groups excluding carboxylic acids is 1. The van der Waals surface area contributed by atoms with Crippen molar-refractivity contribution in [3.05, 3.63) is 59.7 Å². The van der Waals surface area contributed by atoms with Gasteiger partial charge in [0.05, 0.1) is 0 Å². The topological polar surface area (TPSA) is 78.9 Å². The number of carbonyl (C=O) groups is 2. The zero-order valence-corrected chi connectivity index (χ0v) is 13.2. The molecule has 0 aromatic heterocycles. The first-order valence-corrected chi connectivity index (χ1v) is 7.62. The van der Waals surface area contributed by atoms with Gasteiger partial charge in [-0.2, -0.15) is 0 Å². The summed E-state index contributed by atoms with van der Waals surface area (Å²) in [6.07, 6.45) is -0.613. The first-order chi connectivity index (χ1) is 11.6. The van der Waals surface area contributed by atoms with Crippen LogP contribution >= 0.6 is 0 Å². The Labute approximate surface area is 139 Å². The lowest BCUT2D eigenvalue weighted by Gasteiger charge is -2.19. The highest BCUT2D eigenvalue weighted by Gasteiger charge is 2.29. The van der Waals surface area contributed by atoms with Gasteiger partial charge in [-0.15, -0.1) is 0 Å². The molecule has 2 N–H and O–H groups in total. The molecule has 0 radical (unpaired) electrons. The summed E-state index contributed by atoms with van der Waals surface area (Å²) in [4.78, 5) is 22.5. The van der Waals surface area contributed by atoms with Crippen molar-refractivity contribution in [3.63, 3.8) is 0 Å². The van der Waals surface area contributed by atoms with Crippen molar-refractivity contribution in [1.82, 2.24) is 10.4 Å². The minimum absolute atomic E-state index is 0.0192. The van der Waals surface area contributed by atoms with E-state index in [2.05, 4.69) is 17.6 Å².